The number of alkyl halides is 3. The van der Waals surface area contributed by atoms with Crippen molar-refractivity contribution >= 4 is 5.91 Å². The van der Waals surface area contributed by atoms with Crippen LogP contribution in [-0.4, -0.2) is 36.6 Å². The smallest absolute Gasteiger partial charge is 0.342 e. The van der Waals surface area contributed by atoms with Crippen LogP contribution in [-0.2, 0) is 4.79 Å². The number of hydrogen-bond acceptors (Lipinski definition) is 2. The van der Waals surface area contributed by atoms with Gasteiger partial charge in [-0.3, -0.25) is 4.79 Å². The zero-order valence-electron chi connectivity index (χ0n) is 10.5. The van der Waals surface area contributed by atoms with Gasteiger partial charge in [-0.15, -0.1) is 0 Å². The molecule has 18 heavy (non-hydrogen) atoms. The van der Waals surface area contributed by atoms with E-state index in [1.807, 2.05) is 0 Å². The number of unbranched alkanes of at least 4 members (excludes halogenated alkanes) is 3. The minimum Gasteiger partial charge on any atom is -0.342 e. The zero-order valence-corrected chi connectivity index (χ0v) is 10.5. The van der Waals surface area contributed by atoms with Crippen LogP contribution < -0.4 is 5.73 Å². The molecular formula is C12H21F3N2O. The number of nitrogens with two attached hydrogens (primary N) is 1. The Balaban J connectivity index is 2.20. The molecule has 0 bridgehead atoms. The molecule has 106 valence electrons. The summed E-state index contributed by atoms with van der Waals surface area (Å²) in [6, 6.07) is 0. The molecule has 1 amide bonds. The van der Waals surface area contributed by atoms with Crippen LogP contribution >= 0.6 is 0 Å². The van der Waals surface area contributed by atoms with Gasteiger partial charge in [0, 0.05) is 19.5 Å². The highest BCUT2D eigenvalue weighted by atomic mass is 19.4. The van der Waals surface area contributed by atoms with Crippen LogP contribution in [0.3, 0.4) is 0 Å². The minimum atomic E-state index is -4.17. The van der Waals surface area contributed by atoms with E-state index < -0.39 is 12.1 Å². The average Bonchev–Trinajstić information content (AvgIpc) is 2.77. The Morgan fingerprint density at radius 1 is 1.22 bits per heavy atom. The number of halogens is 3. The van der Waals surface area contributed by atoms with E-state index in [0.29, 0.717) is 13.0 Å². The lowest BCUT2D eigenvalue weighted by atomic mass is 10.1. The van der Waals surface area contributed by atoms with Gasteiger partial charge in [0.25, 0.3) is 0 Å². The van der Waals surface area contributed by atoms with Crippen molar-refractivity contribution in [3.63, 3.8) is 0 Å². The highest BCUT2D eigenvalue weighted by molar-refractivity contribution is 5.76. The maximum Gasteiger partial charge on any atom is 0.393 e. The van der Waals surface area contributed by atoms with E-state index in [9.17, 15) is 18.0 Å². The molecule has 6 heteroatoms. The topological polar surface area (TPSA) is 46.3 Å². The van der Waals surface area contributed by atoms with Crippen LogP contribution in [0.4, 0.5) is 13.2 Å². The lowest BCUT2D eigenvalue weighted by Gasteiger charge is -2.17. The van der Waals surface area contributed by atoms with Gasteiger partial charge in [0.15, 0.2) is 0 Å². The number of rotatable bonds is 6. The molecule has 0 aromatic carbocycles. The Labute approximate surface area is 106 Å². The molecule has 0 spiro atoms. The molecular weight excluding hydrogens is 245 g/mol. The van der Waals surface area contributed by atoms with Crippen molar-refractivity contribution in [3.05, 3.63) is 0 Å². The molecule has 0 aromatic heterocycles. The molecule has 1 aliphatic rings. The molecule has 1 aliphatic heterocycles. The summed E-state index contributed by atoms with van der Waals surface area (Å²) in [6.45, 7) is 0.726. The predicted octanol–water partition coefficient (Wildman–Crippen LogP) is 2.31. The molecule has 0 radical (unpaired) electrons. The SMILES string of the molecule is NCCCCCCC(=O)N1CCC(C(F)(F)F)C1. The van der Waals surface area contributed by atoms with E-state index in [4.69, 9.17) is 5.73 Å². The van der Waals surface area contributed by atoms with E-state index in [1.54, 1.807) is 0 Å². The summed E-state index contributed by atoms with van der Waals surface area (Å²) in [7, 11) is 0. The first kappa shape index (κ1) is 15.3. The molecule has 1 rings (SSSR count). The Morgan fingerprint density at radius 3 is 2.44 bits per heavy atom. The zero-order chi connectivity index (χ0) is 13.6. The van der Waals surface area contributed by atoms with Crippen LogP contribution in [0, 0.1) is 5.92 Å². The molecule has 1 saturated heterocycles. The molecule has 0 aliphatic carbocycles. The van der Waals surface area contributed by atoms with Gasteiger partial charge in [-0.2, -0.15) is 13.2 Å². The summed E-state index contributed by atoms with van der Waals surface area (Å²) < 4.78 is 37.3. The van der Waals surface area contributed by atoms with Gasteiger partial charge in [0.1, 0.15) is 0 Å². The third-order valence-electron chi connectivity index (χ3n) is 3.35. The number of nitrogens with zero attached hydrogens (tertiary/aromatic N) is 1. The number of carbonyl (C=O) groups is 1. The van der Waals surface area contributed by atoms with Crippen molar-refractivity contribution in [1.29, 1.82) is 0 Å². The van der Waals surface area contributed by atoms with E-state index in [2.05, 4.69) is 0 Å². The maximum absolute atomic E-state index is 12.4. The molecule has 1 unspecified atom stereocenters. The van der Waals surface area contributed by atoms with Crippen LogP contribution in [0.15, 0.2) is 0 Å². The largest absolute Gasteiger partial charge is 0.393 e. The van der Waals surface area contributed by atoms with E-state index in [0.717, 1.165) is 25.7 Å². The summed E-state index contributed by atoms with van der Waals surface area (Å²) in [5, 5.41) is 0. The number of likely N-dealkylation sites (tertiary alicyclic amines) is 1. The fraction of sp³-hybridized carbons (Fsp3) is 0.917. The maximum atomic E-state index is 12.4. The Kier molecular flexibility index (Phi) is 5.91. The van der Waals surface area contributed by atoms with Gasteiger partial charge in [0.2, 0.25) is 5.91 Å². The third-order valence-corrected chi connectivity index (χ3v) is 3.35. The van der Waals surface area contributed by atoms with Gasteiger partial charge >= 0.3 is 6.18 Å². The van der Waals surface area contributed by atoms with E-state index >= 15 is 0 Å². The first-order chi connectivity index (χ1) is 8.45. The lowest BCUT2D eigenvalue weighted by molar-refractivity contribution is -0.171. The summed E-state index contributed by atoms with van der Waals surface area (Å²) in [4.78, 5) is 13.0. The van der Waals surface area contributed by atoms with Crippen LogP contribution in [0.5, 0.6) is 0 Å². The first-order valence-electron chi connectivity index (χ1n) is 6.49. The third kappa shape index (κ3) is 4.84. The summed E-state index contributed by atoms with van der Waals surface area (Å²) in [5.74, 6) is -1.48. The lowest BCUT2D eigenvalue weighted by Crippen LogP contribution is -2.31. The second-order valence-corrected chi connectivity index (χ2v) is 4.82. The first-order valence-corrected chi connectivity index (χ1v) is 6.49. The van der Waals surface area contributed by atoms with Crippen molar-refractivity contribution in [2.45, 2.75) is 44.7 Å². The molecule has 0 saturated carbocycles. The highest BCUT2D eigenvalue weighted by Crippen LogP contribution is 2.33. The highest BCUT2D eigenvalue weighted by Gasteiger charge is 2.44. The number of hydrogen-bond donors (Lipinski definition) is 1. The quantitative estimate of drug-likeness (QED) is 0.750. The van der Waals surface area contributed by atoms with Gasteiger partial charge in [-0.25, -0.2) is 0 Å². The number of amides is 1. The van der Waals surface area contributed by atoms with E-state index in [1.165, 1.54) is 4.90 Å². The molecule has 1 heterocycles. The standard InChI is InChI=1S/C12H21F3N2O/c13-12(14,15)10-6-8-17(9-10)11(18)5-3-1-2-4-7-16/h10H,1-9,16H2. The van der Waals surface area contributed by atoms with Gasteiger partial charge < -0.3 is 10.6 Å². The van der Waals surface area contributed by atoms with Crippen molar-refractivity contribution in [1.82, 2.24) is 4.90 Å². The second-order valence-electron chi connectivity index (χ2n) is 4.82. The summed E-state index contributed by atoms with van der Waals surface area (Å²) in [5.41, 5.74) is 5.34. The average molecular weight is 266 g/mol. The van der Waals surface area contributed by atoms with Crippen molar-refractivity contribution in [2.24, 2.45) is 11.7 Å². The summed E-state index contributed by atoms with van der Waals surface area (Å²) in [6.07, 6.45) is -0.192. The molecule has 1 atom stereocenters. The van der Waals surface area contributed by atoms with Gasteiger partial charge in [-0.1, -0.05) is 12.8 Å². The van der Waals surface area contributed by atoms with Crippen LogP contribution in [0.1, 0.15) is 38.5 Å². The molecule has 3 nitrogen and oxygen atoms in total. The fourth-order valence-corrected chi connectivity index (χ4v) is 2.19. The Hall–Kier alpha value is -0.780. The fourth-order valence-electron chi connectivity index (χ4n) is 2.19. The Bertz CT molecular complexity index is 269. The summed E-state index contributed by atoms with van der Waals surface area (Å²) >= 11 is 0. The second kappa shape index (κ2) is 6.97. The normalized spacial score (nSPS) is 20.4. The molecule has 0 aromatic rings. The molecule has 2 N–H and O–H groups in total. The van der Waals surface area contributed by atoms with Crippen molar-refractivity contribution in [2.75, 3.05) is 19.6 Å². The van der Waals surface area contributed by atoms with Gasteiger partial charge in [-0.05, 0) is 25.8 Å². The minimum absolute atomic E-state index is 0.0441. The van der Waals surface area contributed by atoms with E-state index in [-0.39, 0.29) is 25.4 Å². The van der Waals surface area contributed by atoms with Crippen LogP contribution in [0.25, 0.3) is 0 Å². The molecule has 1 fully saturated rings. The predicted molar refractivity (Wildman–Crippen MR) is 62.9 cm³/mol. The Morgan fingerprint density at radius 2 is 1.89 bits per heavy atom. The van der Waals surface area contributed by atoms with Gasteiger partial charge in [0.05, 0.1) is 5.92 Å². The number of carbonyl (C=O) groups excluding carboxylic acids is 1. The van der Waals surface area contributed by atoms with Crippen molar-refractivity contribution in [3.8, 4) is 0 Å². The van der Waals surface area contributed by atoms with Crippen molar-refractivity contribution < 1.29 is 18.0 Å². The monoisotopic (exact) mass is 266 g/mol. The van der Waals surface area contributed by atoms with Crippen LogP contribution in [0.2, 0.25) is 0 Å².